The number of carbonyl (C=O) groups excluding carboxylic acids is 2. The van der Waals surface area contributed by atoms with Gasteiger partial charge in [-0.1, -0.05) is 42.5 Å². The Morgan fingerprint density at radius 1 is 1.22 bits per heavy atom. The van der Waals surface area contributed by atoms with Gasteiger partial charge in [0.2, 0.25) is 0 Å². The topological polar surface area (TPSA) is 52.6 Å². The highest BCUT2D eigenvalue weighted by Crippen LogP contribution is 2.00. The molecule has 96 valence electrons. The van der Waals surface area contributed by atoms with Crippen LogP contribution in [-0.4, -0.2) is 32.1 Å². The summed E-state index contributed by atoms with van der Waals surface area (Å²) in [5, 5.41) is 0. The molecule has 0 fully saturated rings. The number of Topliss-reactive ketones (excluding diaryl/α,β-unsaturated/α-hetero) is 1. The highest BCUT2D eigenvalue weighted by atomic mass is 16.5. The number of hydrogen-bond acceptors (Lipinski definition) is 4. The van der Waals surface area contributed by atoms with E-state index in [1.807, 2.05) is 42.5 Å². The van der Waals surface area contributed by atoms with Crippen molar-refractivity contribution < 1.29 is 19.1 Å². The average Bonchev–Trinajstić information content (AvgIpc) is 2.39. The van der Waals surface area contributed by atoms with E-state index < -0.39 is 5.97 Å². The lowest BCUT2D eigenvalue weighted by molar-refractivity contribution is -0.144. The third-order valence-electron chi connectivity index (χ3n) is 2.16. The molecule has 1 aromatic rings. The third-order valence-corrected chi connectivity index (χ3v) is 2.16. The summed E-state index contributed by atoms with van der Waals surface area (Å²) in [4.78, 5) is 22.0. The highest BCUT2D eigenvalue weighted by Gasteiger charge is 2.08. The average molecular weight is 248 g/mol. The number of esters is 1. The molecule has 0 radical (unpaired) electrons. The van der Waals surface area contributed by atoms with E-state index >= 15 is 0 Å². The van der Waals surface area contributed by atoms with Gasteiger partial charge in [-0.15, -0.1) is 0 Å². The summed E-state index contributed by atoms with van der Waals surface area (Å²) in [7, 11) is 1.25. The molecule has 0 aliphatic carbocycles. The van der Waals surface area contributed by atoms with E-state index in [4.69, 9.17) is 4.74 Å². The van der Waals surface area contributed by atoms with Crippen molar-refractivity contribution in [3.05, 3.63) is 42.0 Å². The molecule has 4 heteroatoms. The van der Waals surface area contributed by atoms with Gasteiger partial charge in [0.15, 0.2) is 5.78 Å². The van der Waals surface area contributed by atoms with E-state index in [1.54, 1.807) is 0 Å². The minimum atomic E-state index is -0.538. The minimum Gasteiger partial charge on any atom is -0.469 e. The number of rotatable bonds is 7. The molecule has 0 bridgehead atoms. The van der Waals surface area contributed by atoms with Crippen LogP contribution in [0.25, 0.3) is 6.08 Å². The maximum atomic E-state index is 11.2. The Morgan fingerprint density at radius 3 is 2.61 bits per heavy atom. The van der Waals surface area contributed by atoms with E-state index in [2.05, 4.69) is 4.74 Å². The number of benzene rings is 1. The van der Waals surface area contributed by atoms with E-state index in [-0.39, 0.29) is 18.8 Å². The SMILES string of the molecule is COC(=O)CC(=O)COCC=Cc1ccccc1. The van der Waals surface area contributed by atoms with Crippen LogP contribution in [0.2, 0.25) is 0 Å². The van der Waals surface area contributed by atoms with Gasteiger partial charge in [-0.05, 0) is 5.56 Å². The van der Waals surface area contributed by atoms with E-state index in [0.717, 1.165) is 5.56 Å². The zero-order valence-corrected chi connectivity index (χ0v) is 10.3. The predicted molar refractivity (Wildman–Crippen MR) is 67.9 cm³/mol. The van der Waals surface area contributed by atoms with Crippen LogP contribution in [0.1, 0.15) is 12.0 Å². The highest BCUT2D eigenvalue weighted by molar-refractivity contribution is 5.96. The molecule has 0 saturated heterocycles. The van der Waals surface area contributed by atoms with Gasteiger partial charge in [0, 0.05) is 0 Å². The summed E-state index contributed by atoms with van der Waals surface area (Å²) in [5.74, 6) is -0.821. The van der Waals surface area contributed by atoms with Crippen LogP contribution in [0, 0.1) is 0 Å². The van der Waals surface area contributed by atoms with Gasteiger partial charge < -0.3 is 9.47 Å². The predicted octanol–water partition coefficient (Wildman–Crippen LogP) is 1.85. The summed E-state index contributed by atoms with van der Waals surface area (Å²) < 4.78 is 9.50. The summed E-state index contributed by atoms with van der Waals surface area (Å²) in [5.41, 5.74) is 1.07. The number of carbonyl (C=O) groups is 2. The molecule has 0 aliphatic rings. The Hall–Kier alpha value is -1.94. The van der Waals surface area contributed by atoms with Crippen LogP contribution >= 0.6 is 0 Å². The first kappa shape index (κ1) is 14.1. The molecular formula is C14H16O4. The van der Waals surface area contributed by atoms with Gasteiger partial charge in [0.1, 0.15) is 13.0 Å². The van der Waals surface area contributed by atoms with Crippen molar-refractivity contribution in [2.45, 2.75) is 6.42 Å². The van der Waals surface area contributed by atoms with E-state index in [1.165, 1.54) is 7.11 Å². The van der Waals surface area contributed by atoms with Crippen molar-refractivity contribution in [1.29, 1.82) is 0 Å². The number of ketones is 1. The molecule has 0 saturated carbocycles. The molecule has 0 atom stereocenters. The Balaban J connectivity index is 2.17. The van der Waals surface area contributed by atoms with Crippen LogP contribution in [0.3, 0.4) is 0 Å². The lowest BCUT2D eigenvalue weighted by atomic mass is 10.2. The van der Waals surface area contributed by atoms with Crippen molar-refractivity contribution in [1.82, 2.24) is 0 Å². The summed E-state index contributed by atoms with van der Waals surface area (Å²) in [6.45, 7) is 0.260. The Bertz CT molecular complexity index is 409. The van der Waals surface area contributed by atoms with Crippen molar-refractivity contribution in [2.24, 2.45) is 0 Å². The smallest absolute Gasteiger partial charge is 0.313 e. The Labute approximate surface area is 106 Å². The van der Waals surface area contributed by atoms with Gasteiger partial charge in [0.25, 0.3) is 0 Å². The van der Waals surface area contributed by atoms with Gasteiger partial charge >= 0.3 is 5.97 Å². The second kappa shape index (κ2) is 8.20. The summed E-state index contributed by atoms with van der Waals surface area (Å²) in [6.07, 6.45) is 3.49. The Kier molecular flexibility index (Phi) is 6.43. The zero-order valence-electron chi connectivity index (χ0n) is 10.3. The molecule has 0 N–H and O–H groups in total. The first-order valence-electron chi connectivity index (χ1n) is 5.60. The first-order chi connectivity index (χ1) is 8.72. The Morgan fingerprint density at radius 2 is 1.94 bits per heavy atom. The van der Waals surface area contributed by atoms with Gasteiger partial charge in [-0.25, -0.2) is 0 Å². The van der Waals surface area contributed by atoms with Crippen molar-refractivity contribution in [3.63, 3.8) is 0 Å². The van der Waals surface area contributed by atoms with Crippen LogP contribution in [0.4, 0.5) is 0 Å². The lowest BCUT2D eigenvalue weighted by Crippen LogP contribution is -2.14. The fourth-order valence-corrected chi connectivity index (χ4v) is 1.27. The second-order valence-electron chi connectivity index (χ2n) is 3.62. The molecule has 0 spiro atoms. The normalized spacial score (nSPS) is 10.5. The molecule has 1 aromatic carbocycles. The molecular weight excluding hydrogens is 232 g/mol. The number of methoxy groups -OCH3 is 1. The van der Waals surface area contributed by atoms with Crippen LogP contribution in [0.5, 0.6) is 0 Å². The standard InChI is InChI=1S/C14H16O4/c1-17-14(16)10-13(15)11-18-9-5-8-12-6-3-2-4-7-12/h2-8H,9-11H2,1H3. The molecule has 18 heavy (non-hydrogen) atoms. The fraction of sp³-hybridized carbons (Fsp3) is 0.286. The zero-order chi connectivity index (χ0) is 13.2. The molecule has 0 aromatic heterocycles. The van der Waals surface area contributed by atoms with Gasteiger partial charge in [-0.3, -0.25) is 9.59 Å². The largest absolute Gasteiger partial charge is 0.469 e. The van der Waals surface area contributed by atoms with Crippen LogP contribution in [-0.2, 0) is 19.1 Å². The van der Waals surface area contributed by atoms with Crippen LogP contribution < -0.4 is 0 Å². The van der Waals surface area contributed by atoms with Gasteiger partial charge in [-0.2, -0.15) is 0 Å². The molecule has 0 amide bonds. The van der Waals surface area contributed by atoms with Crippen molar-refractivity contribution in [3.8, 4) is 0 Å². The first-order valence-corrected chi connectivity index (χ1v) is 5.60. The maximum Gasteiger partial charge on any atom is 0.313 e. The molecule has 0 heterocycles. The summed E-state index contributed by atoms with van der Waals surface area (Å²) in [6, 6.07) is 9.78. The quantitative estimate of drug-likeness (QED) is 0.420. The van der Waals surface area contributed by atoms with Crippen molar-refractivity contribution in [2.75, 3.05) is 20.3 Å². The van der Waals surface area contributed by atoms with Crippen molar-refractivity contribution >= 4 is 17.8 Å². The minimum absolute atomic E-state index is 0.0752. The molecule has 1 rings (SSSR count). The van der Waals surface area contributed by atoms with E-state index in [9.17, 15) is 9.59 Å². The summed E-state index contributed by atoms with van der Waals surface area (Å²) >= 11 is 0. The maximum absolute atomic E-state index is 11.2. The monoisotopic (exact) mass is 248 g/mol. The van der Waals surface area contributed by atoms with Crippen LogP contribution in [0.15, 0.2) is 36.4 Å². The molecule has 0 unspecified atom stereocenters. The number of ether oxygens (including phenoxy) is 2. The lowest BCUT2D eigenvalue weighted by Gasteiger charge is -2.00. The third kappa shape index (κ3) is 5.96. The van der Waals surface area contributed by atoms with E-state index in [0.29, 0.717) is 6.61 Å². The number of hydrogen-bond donors (Lipinski definition) is 0. The fourth-order valence-electron chi connectivity index (χ4n) is 1.27. The van der Waals surface area contributed by atoms with Gasteiger partial charge in [0.05, 0.1) is 13.7 Å². The second-order valence-corrected chi connectivity index (χ2v) is 3.62. The molecule has 0 aliphatic heterocycles. The molecule has 4 nitrogen and oxygen atoms in total.